The highest BCUT2D eigenvalue weighted by atomic mass is 15.1. The number of benzene rings is 2. The molecule has 1 atom stereocenters. The highest BCUT2D eigenvalue weighted by Gasteiger charge is 2.13. The fourth-order valence-corrected chi connectivity index (χ4v) is 2.40. The second kappa shape index (κ2) is 7.17. The Labute approximate surface area is 111 Å². The topological polar surface area (TPSA) is 3.24 Å². The maximum Gasteiger partial charge on any atom is 0.0345 e. The van der Waals surface area contributed by atoms with Crippen LogP contribution in [0.5, 0.6) is 0 Å². The Morgan fingerprint density at radius 2 is 1.56 bits per heavy atom. The molecule has 0 bridgehead atoms. The Hall–Kier alpha value is -1.34. The zero-order chi connectivity index (χ0) is 13.5. The summed E-state index contributed by atoms with van der Waals surface area (Å²) in [7, 11) is 4.30. The van der Waals surface area contributed by atoms with Crippen LogP contribution in [0.4, 0.5) is 0 Å². The number of fused-ring (bicyclic) bond motifs is 1. The molecule has 0 N–H and O–H groups in total. The van der Waals surface area contributed by atoms with Gasteiger partial charge in [0.1, 0.15) is 0 Å². The lowest BCUT2D eigenvalue weighted by molar-refractivity contribution is 0.293. The van der Waals surface area contributed by atoms with Crippen molar-refractivity contribution >= 4 is 10.8 Å². The van der Waals surface area contributed by atoms with Crippen LogP contribution in [0.2, 0.25) is 0 Å². The van der Waals surface area contributed by atoms with Gasteiger partial charge in [-0.15, -0.1) is 0 Å². The molecular formula is C17H25N. The smallest absolute Gasteiger partial charge is 0.0345 e. The fraction of sp³-hybridized carbons (Fsp3) is 0.412. The van der Waals surface area contributed by atoms with E-state index in [-0.39, 0.29) is 0 Å². The van der Waals surface area contributed by atoms with E-state index in [2.05, 4.69) is 68.4 Å². The summed E-state index contributed by atoms with van der Waals surface area (Å²) in [6.07, 6.45) is 1.14. The van der Waals surface area contributed by atoms with Crippen molar-refractivity contribution in [2.75, 3.05) is 14.1 Å². The Bertz CT molecular complexity index is 468. The van der Waals surface area contributed by atoms with Gasteiger partial charge in [0.05, 0.1) is 0 Å². The monoisotopic (exact) mass is 243 g/mol. The van der Waals surface area contributed by atoms with Gasteiger partial charge in [-0.2, -0.15) is 0 Å². The summed E-state index contributed by atoms with van der Waals surface area (Å²) < 4.78 is 0. The summed E-state index contributed by atoms with van der Waals surface area (Å²) in [5.74, 6) is 0. The maximum atomic E-state index is 2.29. The molecule has 1 nitrogen and oxygen atoms in total. The maximum absolute atomic E-state index is 2.29. The molecule has 0 saturated carbocycles. The molecule has 0 radical (unpaired) electrons. The van der Waals surface area contributed by atoms with Crippen LogP contribution in [-0.4, -0.2) is 19.0 Å². The Morgan fingerprint density at radius 1 is 0.944 bits per heavy atom. The van der Waals surface area contributed by atoms with E-state index in [1.807, 2.05) is 13.8 Å². The highest BCUT2D eigenvalue weighted by Crippen LogP contribution is 2.28. The van der Waals surface area contributed by atoms with Gasteiger partial charge in [-0.3, -0.25) is 0 Å². The van der Waals surface area contributed by atoms with Crippen LogP contribution in [0, 0.1) is 0 Å². The molecule has 0 aliphatic carbocycles. The van der Waals surface area contributed by atoms with Crippen molar-refractivity contribution < 1.29 is 0 Å². The lowest BCUT2D eigenvalue weighted by Crippen LogP contribution is -2.19. The first-order valence-electron chi connectivity index (χ1n) is 6.88. The van der Waals surface area contributed by atoms with Gasteiger partial charge >= 0.3 is 0 Å². The largest absolute Gasteiger partial charge is 0.302 e. The molecule has 98 valence electrons. The third-order valence-electron chi connectivity index (χ3n) is 3.19. The second-order valence-corrected chi connectivity index (χ2v) is 4.46. The average Bonchev–Trinajstić information content (AvgIpc) is 2.42. The summed E-state index contributed by atoms with van der Waals surface area (Å²) in [5, 5.41) is 2.71. The molecule has 0 fully saturated rings. The molecule has 0 aliphatic heterocycles. The lowest BCUT2D eigenvalue weighted by atomic mass is 9.96. The van der Waals surface area contributed by atoms with Crippen molar-refractivity contribution in [1.82, 2.24) is 4.90 Å². The van der Waals surface area contributed by atoms with E-state index in [0.29, 0.717) is 6.04 Å². The molecule has 1 unspecified atom stereocenters. The summed E-state index contributed by atoms with van der Waals surface area (Å²) >= 11 is 0. The van der Waals surface area contributed by atoms with Crippen LogP contribution in [0.1, 0.15) is 38.8 Å². The number of hydrogen-bond donors (Lipinski definition) is 0. The first-order valence-corrected chi connectivity index (χ1v) is 6.88. The molecule has 2 rings (SSSR count). The minimum atomic E-state index is 0.506. The van der Waals surface area contributed by atoms with Crippen LogP contribution in [0.25, 0.3) is 10.8 Å². The number of nitrogens with zero attached hydrogens (tertiary/aromatic N) is 1. The van der Waals surface area contributed by atoms with E-state index in [4.69, 9.17) is 0 Å². The first-order chi connectivity index (χ1) is 8.74. The van der Waals surface area contributed by atoms with Crippen LogP contribution in [-0.2, 0) is 0 Å². The number of hydrogen-bond acceptors (Lipinski definition) is 1. The van der Waals surface area contributed by atoms with Crippen molar-refractivity contribution in [3.05, 3.63) is 48.0 Å². The van der Waals surface area contributed by atoms with Crippen molar-refractivity contribution in [3.8, 4) is 0 Å². The van der Waals surface area contributed by atoms with Gasteiger partial charge in [0.25, 0.3) is 0 Å². The first kappa shape index (κ1) is 14.7. The Morgan fingerprint density at radius 3 is 2.17 bits per heavy atom. The van der Waals surface area contributed by atoms with Crippen LogP contribution < -0.4 is 0 Å². The zero-order valence-electron chi connectivity index (χ0n) is 12.3. The van der Waals surface area contributed by atoms with Crippen molar-refractivity contribution in [2.45, 2.75) is 33.2 Å². The predicted molar refractivity (Wildman–Crippen MR) is 82.0 cm³/mol. The van der Waals surface area contributed by atoms with E-state index >= 15 is 0 Å². The van der Waals surface area contributed by atoms with Crippen LogP contribution in [0.15, 0.2) is 42.5 Å². The SMILES string of the molecule is CC.CCC(c1cccc2ccccc12)N(C)C. The Kier molecular flexibility index (Phi) is 5.87. The third-order valence-corrected chi connectivity index (χ3v) is 3.19. The number of rotatable bonds is 3. The summed E-state index contributed by atoms with van der Waals surface area (Å²) in [5.41, 5.74) is 1.44. The molecule has 1 heteroatoms. The summed E-state index contributed by atoms with van der Waals surface area (Å²) in [6, 6.07) is 15.7. The highest BCUT2D eigenvalue weighted by molar-refractivity contribution is 5.86. The second-order valence-electron chi connectivity index (χ2n) is 4.46. The van der Waals surface area contributed by atoms with E-state index in [1.54, 1.807) is 0 Å². The summed E-state index contributed by atoms with van der Waals surface area (Å²) in [4.78, 5) is 2.29. The van der Waals surface area contributed by atoms with E-state index in [1.165, 1.54) is 16.3 Å². The third kappa shape index (κ3) is 3.11. The van der Waals surface area contributed by atoms with Gasteiger partial charge in [0.15, 0.2) is 0 Å². The molecule has 0 amide bonds. The van der Waals surface area contributed by atoms with Crippen LogP contribution >= 0.6 is 0 Å². The summed E-state index contributed by atoms with van der Waals surface area (Å²) in [6.45, 7) is 6.24. The molecule has 0 saturated heterocycles. The van der Waals surface area contributed by atoms with Gasteiger partial charge in [-0.1, -0.05) is 63.2 Å². The lowest BCUT2D eigenvalue weighted by Gasteiger charge is -2.24. The Balaban J connectivity index is 0.000000771. The zero-order valence-corrected chi connectivity index (χ0v) is 12.3. The van der Waals surface area contributed by atoms with E-state index in [0.717, 1.165) is 6.42 Å². The quantitative estimate of drug-likeness (QED) is 0.742. The van der Waals surface area contributed by atoms with Crippen LogP contribution in [0.3, 0.4) is 0 Å². The molecule has 0 heterocycles. The molecule has 0 spiro atoms. The average molecular weight is 243 g/mol. The van der Waals surface area contributed by atoms with Gasteiger partial charge < -0.3 is 4.90 Å². The van der Waals surface area contributed by atoms with Crippen molar-refractivity contribution in [3.63, 3.8) is 0 Å². The van der Waals surface area contributed by atoms with Crippen molar-refractivity contribution in [1.29, 1.82) is 0 Å². The minimum Gasteiger partial charge on any atom is -0.302 e. The normalized spacial score (nSPS) is 12.1. The van der Waals surface area contributed by atoms with Gasteiger partial charge in [0, 0.05) is 6.04 Å². The molecule has 0 aromatic heterocycles. The van der Waals surface area contributed by atoms with Crippen molar-refractivity contribution in [2.24, 2.45) is 0 Å². The molecule has 0 aliphatic rings. The molecule has 2 aromatic carbocycles. The van der Waals surface area contributed by atoms with Gasteiger partial charge in [-0.25, -0.2) is 0 Å². The fourth-order valence-electron chi connectivity index (χ4n) is 2.40. The molecule has 2 aromatic rings. The van der Waals surface area contributed by atoms with E-state index in [9.17, 15) is 0 Å². The van der Waals surface area contributed by atoms with Gasteiger partial charge in [-0.05, 0) is 36.9 Å². The molecular weight excluding hydrogens is 218 g/mol. The van der Waals surface area contributed by atoms with E-state index < -0.39 is 0 Å². The minimum absolute atomic E-state index is 0.506. The van der Waals surface area contributed by atoms with Gasteiger partial charge in [0.2, 0.25) is 0 Å². The standard InChI is InChI=1S/C15H19N.C2H6/c1-4-15(16(2)3)14-11-7-9-12-8-5-6-10-13(12)14;1-2/h5-11,15H,4H2,1-3H3;1-2H3. The predicted octanol–water partition coefficient (Wildman–Crippen LogP) is 4.88. The molecule has 18 heavy (non-hydrogen) atoms.